The van der Waals surface area contributed by atoms with Gasteiger partial charge in [0.2, 0.25) is 0 Å². The Bertz CT molecular complexity index is 397. The highest BCUT2D eigenvalue weighted by molar-refractivity contribution is 7.10. The molecule has 0 aliphatic carbocycles. The molecule has 0 radical (unpaired) electrons. The number of carboxylic acid groups (broad SMARTS) is 2. The summed E-state index contributed by atoms with van der Waals surface area (Å²) >= 11 is 1.66. The molecule has 1 unspecified atom stereocenters. The second kappa shape index (κ2) is 6.39. The molecule has 0 fully saturated rings. The zero-order valence-corrected chi connectivity index (χ0v) is 10.5. The molecular weight excluding hydrogens is 240 g/mol. The van der Waals surface area contributed by atoms with Crippen molar-refractivity contribution in [3.63, 3.8) is 0 Å². The third kappa shape index (κ3) is 4.19. The summed E-state index contributed by atoms with van der Waals surface area (Å²) < 4.78 is 0. The summed E-state index contributed by atoms with van der Waals surface area (Å²) in [5.74, 6) is -2.88. The fourth-order valence-electron chi connectivity index (χ4n) is 1.75. The highest BCUT2D eigenvalue weighted by Gasteiger charge is 2.21. The number of aliphatic carboxylic acids is 2. The van der Waals surface area contributed by atoms with E-state index in [1.54, 1.807) is 11.3 Å². The zero-order chi connectivity index (χ0) is 12.8. The number of thiophene rings is 1. The van der Waals surface area contributed by atoms with Gasteiger partial charge in [-0.3, -0.25) is 9.59 Å². The lowest BCUT2D eigenvalue weighted by molar-refractivity contribution is -0.148. The molecule has 0 spiro atoms. The monoisotopic (exact) mass is 256 g/mol. The average molecular weight is 256 g/mol. The van der Waals surface area contributed by atoms with Crippen LogP contribution in [-0.2, 0) is 22.4 Å². The number of hydrogen-bond acceptors (Lipinski definition) is 3. The largest absolute Gasteiger partial charge is 0.481 e. The van der Waals surface area contributed by atoms with Crippen LogP contribution in [0.5, 0.6) is 0 Å². The second-order valence-electron chi connectivity index (χ2n) is 3.89. The van der Waals surface area contributed by atoms with Gasteiger partial charge in [0.25, 0.3) is 0 Å². The number of carboxylic acids is 2. The van der Waals surface area contributed by atoms with E-state index in [-0.39, 0.29) is 6.42 Å². The molecular formula is C12H16O4S. The molecule has 17 heavy (non-hydrogen) atoms. The molecule has 1 rings (SSSR count). The molecule has 1 heterocycles. The Balaban J connectivity index is 2.57. The minimum absolute atomic E-state index is 0.305. The van der Waals surface area contributed by atoms with Crippen LogP contribution in [0.1, 0.15) is 30.2 Å². The Morgan fingerprint density at radius 1 is 1.41 bits per heavy atom. The van der Waals surface area contributed by atoms with Crippen LogP contribution in [0.4, 0.5) is 0 Å². The summed E-state index contributed by atoms with van der Waals surface area (Å²) in [4.78, 5) is 22.7. The SMILES string of the molecule is CCc1sccc1CCC(CC(=O)O)C(=O)O. The van der Waals surface area contributed by atoms with E-state index in [2.05, 4.69) is 6.92 Å². The lowest BCUT2D eigenvalue weighted by Crippen LogP contribution is -2.18. The minimum Gasteiger partial charge on any atom is -0.481 e. The topological polar surface area (TPSA) is 74.6 Å². The van der Waals surface area contributed by atoms with Gasteiger partial charge in [0.1, 0.15) is 0 Å². The van der Waals surface area contributed by atoms with Crippen LogP contribution < -0.4 is 0 Å². The second-order valence-corrected chi connectivity index (χ2v) is 4.89. The standard InChI is InChI=1S/C12H16O4S/c1-2-10-8(5-6-17-10)3-4-9(12(15)16)7-11(13)14/h5-6,9H,2-4,7H2,1H3,(H,13,14)(H,15,16). The Morgan fingerprint density at radius 3 is 2.65 bits per heavy atom. The van der Waals surface area contributed by atoms with Crippen LogP contribution in [-0.4, -0.2) is 22.2 Å². The van der Waals surface area contributed by atoms with Crippen LogP contribution in [0.2, 0.25) is 0 Å². The van der Waals surface area contributed by atoms with Gasteiger partial charge >= 0.3 is 11.9 Å². The van der Waals surface area contributed by atoms with E-state index in [1.165, 1.54) is 4.88 Å². The van der Waals surface area contributed by atoms with Gasteiger partial charge < -0.3 is 10.2 Å². The Labute approximate surface area is 104 Å². The fourth-order valence-corrected chi connectivity index (χ4v) is 2.64. The quantitative estimate of drug-likeness (QED) is 0.785. The first kappa shape index (κ1) is 13.7. The van der Waals surface area contributed by atoms with Gasteiger partial charge in [-0.1, -0.05) is 6.92 Å². The summed E-state index contributed by atoms with van der Waals surface area (Å²) in [5.41, 5.74) is 1.15. The van der Waals surface area contributed by atoms with E-state index in [9.17, 15) is 9.59 Å². The van der Waals surface area contributed by atoms with Crippen molar-refractivity contribution >= 4 is 23.3 Å². The maximum atomic E-state index is 10.9. The van der Waals surface area contributed by atoms with Crippen molar-refractivity contribution in [1.82, 2.24) is 0 Å². The molecule has 0 saturated carbocycles. The smallest absolute Gasteiger partial charge is 0.307 e. The molecule has 4 nitrogen and oxygen atoms in total. The van der Waals surface area contributed by atoms with Crippen LogP contribution in [0.25, 0.3) is 0 Å². The van der Waals surface area contributed by atoms with Crippen molar-refractivity contribution in [2.24, 2.45) is 5.92 Å². The summed E-state index contributed by atoms with van der Waals surface area (Å²) in [5, 5.41) is 19.5. The molecule has 94 valence electrons. The molecule has 0 saturated heterocycles. The Hall–Kier alpha value is -1.36. The summed E-state index contributed by atoms with van der Waals surface area (Å²) in [6.45, 7) is 2.06. The molecule has 1 aromatic rings. The van der Waals surface area contributed by atoms with Crippen molar-refractivity contribution in [1.29, 1.82) is 0 Å². The van der Waals surface area contributed by atoms with Gasteiger partial charge in [0.15, 0.2) is 0 Å². The Morgan fingerprint density at radius 2 is 2.12 bits per heavy atom. The number of hydrogen-bond donors (Lipinski definition) is 2. The highest BCUT2D eigenvalue weighted by Crippen LogP contribution is 2.21. The number of aryl methyl sites for hydroxylation is 2. The van der Waals surface area contributed by atoms with Crippen molar-refractivity contribution < 1.29 is 19.8 Å². The summed E-state index contributed by atoms with van der Waals surface area (Å²) in [6.07, 6.45) is 1.65. The zero-order valence-electron chi connectivity index (χ0n) is 9.68. The van der Waals surface area contributed by atoms with Crippen LogP contribution in [0.3, 0.4) is 0 Å². The van der Waals surface area contributed by atoms with Gasteiger partial charge in [-0.15, -0.1) is 11.3 Å². The average Bonchev–Trinajstić information content (AvgIpc) is 2.70. The molecule has 0 amide bonds. The fraction of sp³-hybridized carbons (Fsp3) is 0.500. The first-order chi connectivity index (χ1) is 8.04. The van der Waals surface area contributed by atoms with Gasteiger partial charge in [0.05, 0.1) is 12.3 Å². The lowest BCUT2D eigenvalue weighted by Gasteiger charge is -2.09. The Kier molecular flexibility index (Phi) is 5.15. The molecule has 1 aromatic heterocycles. The predicted octanol–water partition coefficient (Wildman–Crippen LogP) is 2.42. The maximum absolute atomic E-state index is 10.9. The molecule has 1 atom stereocenters. The van der Waals surface area contributed by atoms with E-state index >= 15 is 0 Å². The van der Waals surface area contributed by atoms with Crippen LogP contribution >= 0.6 is 11.3 Å². The summed E-state index contributed by atoms with van der Waals surface area (Å²) in [7, 11) is 0. The molecule has 2 N–H and O–H groups in total. The normalized spacial score (nSPS) is 12.3. The van der Waals surface area contributed by atoms with Gasteiger partial charge in [0, 0.05) is 4.88 Å². The number of rotatable bonds is 7. The van der Waals surface area contributed by atoms with E-state index in [0.29, 0.717) is 12.8 Å². The lowest BCUT2D eigenvalue weighted by atomic mass is 9.96. The molecule has 0 aliphatic rings. The first-order valence-electron chi connectivity index (χ1n) is 5.54. The minimum atomic E-state index is -1.06. The van der Waals surface area contributed by atoms with Gasteiger partial charge in [-0.25, -0.2) is 0 Å². The van der Waals surface area contributed by atoms with E-state index in [0.717, 1.165) is 12.0 Å². The van der Waals surface area contributed by atoms with Crippen LogP contribution in [0, 0.1) is 5.92 Å². The molecule has 0 aliphatic heterocycles. The van der Waals surface area contributed by atoms with Crippen molar-refractivity contribution in [2.75, 3.05) is 0 Å². The van der Waals surface area contributed by atoms with Crippen molar-refractivity contribution in [3.8, 4) is 0 Å². The van der Waals surface area contributed by atoms with Crippen molar-refractivity contribution in [3.05, 3.63) is 21.9 Å². The van der Waals surface area contributed by atoms with Gasteiger partial charge in [-0.05, 0) is 36.3 Å². The molecule has 0 aromatic carbocycles. The van der Waals surface area contributed by atoms with Crippen molar-refractivity contribution in [2.45, 2.75) is 32.6 Å². The predicted molar refractivity (Wildman–Crippen MR) is 65.4 cm³/mol. The molecule has 5 heteroatoms. The molecule has 0 bridgehead atoms. The third-order valence-corrected chi connectivity index (χ3v) is 3.80. The highest BCUT2D eigenvalue weighted by atomic mass is 32.1. The van der Waals surface area contributed by atoms with E-state index in [1.807, 2.05) is 11.4 Å². The van der Waals surface area contributed by atoms with Gasteiger partial charge in [-0.2, -0.15) is 0 Å². The third-order valence-electron chi connectivity index (χ3n) is 2.69. The number of carbonyl (C=O) groups is 2. The maximum Gasteiger partial charge on any atom is 0.307 e. The van der Waals surface area contributed by atoms with E-state index < -0.39 is 17.9 Å². The summed E-state index contributed by atoms with van der Waals surface area (Å²) in [6, 6.07) is 1.99. The van der Waals surface area contributed by atoms with Crippen LogP contribution in [0.15, 0.2) is 11.4 Å². The van der Waals surface area contributed by atoms with E-state index in [4.69, 9.17) is 10.2 Å². The first-order valence-corrected chi connectivity index (χ1v) is 6.42.